The lowest BCUT2D eigenvalue weighted by molar-refractivity contribution is 0.0981. The Balaban J connectivity index is 2.06. The number of methoxy groups -OCH3 is 1. The van der Waals surface area contributed by atoms with Crippen LogP contribution in [0.4, 0.5) is 0 Å². The van der Waals surface area contributed by atoms with Gasteiger partial charge in [-0.1, -0.05) is 48.9 Å². The molecule has 26 heavy (non-hydrogen) atoms. The molecule has 3 rings (SSSR count). The van der Waals surface area contributed by atoms with E-state index in [-0.39, 0.29) is 5.78 Å². The van der Waals surface area contributed by atoms with E-state index < -0.39 is 6.10 Å². The van der Waals surface area contributed by atoms with Crippen LogP contribution in [-0.4, -0.2) is 23.0 Å². The Morgan fingerprint density at radius 3 is 2.62 bits per heavy atom. The van der Waals surface area contributed by atoms with E-state index in [0.717, 1.165) is 17.7 Å². The quantitative estimate of drug-likeness (QED) is 0.624. The first kappa shape index (κ1) is 18.4. The first-order valence-electron chi connectivity index (χ1n) is 8.49. The van der Waals surface area contributed by atoms with Crippen molar-refractivity contribution in [2.24, 2.45) is 0 Å². The molecule has 0 saturated carbocycles. The van der Waals surface area contributed by atoms with Crippen molar-refractivity contribution in [2.75, 3.05) is 7.11 Å². The van der Waals surface area contributed by atoms with Gasteiger partial charge in [-0.25, -0.2) is 0 Å². The number of nitrogens with zero attached hydrogens (tertiary/aromatic N) is 1. The first-order valence-corrected chi connectivity index (χ1v) is 8.87. The summed E-state index contributed by atoms with van der Waals surface area (Å²) in [6, 6.07) is 12.7. The Kier molecular flexibility index (Phi) is 5.55. The van der Waals surface area contributed by atoms with Gasteiger partial charge in [0.05, 0.1) is 23.2 Å². The highest BCUT2D eigenvalue weighted by Gasteiger charge is 2.19. The zero-order chi connectivity index (χ0) is 18.7. The molecule has 0 saturated heterocycles. The van der Waals surface area contributed by atoms with E-state index >= 15 is 0 Å². The molecule has 0 bridgehead atoms. The molecule has 134 valence electrons. The monoisotopic (exact) mass is 369 g/mol. The lowest BCUT2D eigenvalue weighted by atomic mass is 9.97. The SMILES string of the molecule is CCCC(=O)c1cnc2c(C(O)c3ccc(OC)cc3)cccc2c1Cl. The Hall–Kier alpha value is -2.43. The minimum absolute atomic E-state index is 0.0204. The number of halogens is 1. The smallest absolute Gasteiger partial charge is 0.165 e. The van der Waals surface area contributed by atoms with Crippen molar-refractivity contribution >= 4 is 28.3 Å². The maximum absolute atomic E-state index is 12.2. The van der Waals surface area contributed by atoms with Crippen LogP contribution in [0.25, 0.3) is 10.9 Å². The molecule has 0 spiro atoms. The summed E-state index contributed by atoms with van der Waals surface area (Å²) < 4.78 is 5.15. The number of ether oxygens (including phenoxy) is 1. The van der Waals surface area contributed by atoms with E-state index in [1.165, 1.54) is 6.20 Å². The Labute approximate surface area is 157 Å². The van der Waals surface area contributed by atoms with Gasteiger partial charge < -0.3 is 9.84 Å². The third-order valence-corrected chi connectivity index (χ3v) is 4.77. The van der Waals surface area contributed by atoms with Crippen molar-refractivity contribution < 1.29 is 14.6 Å². The molecule has 0 aliphatic carbocycles. The average Bonchev–Trinajstić information content (AvgIpc) is 2.67. The van der Waals surface area contributed by atoms with Crippen LogP contribution in [0.1, 0.15) is 47.4 Å². The van der Waals surface area contributed by atoms with Crippen LogP contribution >= 0.6 is 11.6 Å². The van der Waals surface area contributed by atoms with Crippen molar-refractivity contribution in [3.63, 3.8) is 0 Å². The number of aromatic nitrogens is 1. The Morgan fingerprint density at radius 1 is 1.23 bits per heavy atom. The van der Waals surface area contributed by atoms with Crippen LogP contribution in [-0.2, 0) is 0 Å². The second kappa shape index (κ2) is 7.85. The van der Waals surface area contributed by atoms with E-state index in [0.29, 0.717) is 33.5 Å². The Morgan fingerprint density at radius 2 is 1.96 bits per heavy atom. The van der Waals surface area contributed by atoms with Gasteiger partial charge in [-0.05, 0) is 24.1 Å². The molecular formula is C21H20ClNO3. The molecule has 1 aromatic heterocycles. The number of ketones is 1. The topological polar surface area (TPSA) is 59.4 Å². The first-order chi connectivity index (χ1) is 12.6. The zero-order valence-electron chi connectivity index (χ0n) is 14.7. The fraction of sp³-hybridized carbons (Fsp3) is 0.238. The van der Waals surface area contributed by atoms with Gasteiger partial charge in [0.25, 0.3) is 0 Å². The predicted octanol–water partition coefficient (Wildman–Crippen LogP) is 4.96. The number of carbonyl (C=O) groups excluding carboxylic acids is 1. The van der Waals surface area contributed by atoms with Gasteiger partial charge in [-0.3, -0.25) is 9.78 Å². The number of carbonyl (C=O) groups is 1. The number of hydrogen-bond acceptors (Lipinski definition) is 4. The highest BCUT2D eigenvalue weighted by atomic mass is 35.5. The molecule has 0 fully saturated rings. The van der Waals surface area contributed by atoms with Crippen molar-refractivity contribution in [1.82, 2.24) is 4.98 Å². The lowest BCUT2D eigenvalue weighted by Gasteiger charge is -2.15. The molecule has 1 heterocycles. The summed E-state index contributed by atoms with van der Waals surface area (Å²) in [5.74, 6) is 0.701. The molecule has 1 atom stereocenters. The normalized spacial score (nSPS) is 12.2. The van der Waals surface area contributed by atoms with E-state index in [9.17, 15) is 9.90 Å². The van der Waals surface area contributed by atoms with Crippen molar-refractivity contribution in [1.29, 1.82) is 0 Å². The summed E-state index contributed by atoms with van der Waals surface area (Å²) in [5.41, 5.74) is 2.39. The van der Waals surface area contributed by atoms with Crippen molar-refractivity contribution in [3.05, 3.63) is 70.4 Å². The van der Waals surface area contributed by atoms with Gasteiger partial charge in [-0.15, -0.1) is 0 Å². The maximum Gasteiger partial charge on any atom is 0.165 e. The molecule has 5 heteroatoms. The van der Waals surface area contributed by atoms with Gasteiger partial charge in [0.1, 0.15) is 11.9 Å². The number of hydrogen-bond donors (Lipinski definition) is 1. The number of rotatable bonds is 6. The molecule has 0 aliphatic rings. The van der Waals surface area contributed by atoms with Crippen molar-refractivity contribution in [2.45, 2.75) is 25.9 Å². The number of pyridine rings is 1. The van der Waals surface area contributed by atoms with Crippen LogP contribution in [0.5, 0.6) is 5.75 Å². The predicted molar refractivity (Wildman–Crippen MR) is 103 cm³/mol. The van der Waals surface area contributed by atoms with Crippen LogP contribution < -0.4 is 4.74 Å². The minimum atomic E-state index is -0.856. The molecule has 3 aromatic rings. The number of aliphatic hydroxyl groups is 1. The third kappa shape index (κ3) is 3.43. The van der Waals surface area contributed by atoms with E-state index in [4.69, 9.17) is 16.3 Å². The molecular weight excluding hydrogens is 350 g/mol. The second-order valence-corrected chi connectivity index (χ2v) is 6.46. The molecule has 0 amide bonds. The lowest BCUT2D eigenvalue weighted by Crippen LogP contribution is -2.04. The van der Waals surface area contributed by atoms with Crippen molar-refractivity contribution in [3.8, 4) is 5.75 Å². The van der Waals surface area contributed by atoms with E-state index in [2.05, 4.69) is 4.98 Å². The van der Waals surface area contributed by atoms with Crippen LogP contribution in [0.2, 0.25) is 5.02 Å². The number of aliphatic hydroxyl groups excluding tert-OH is 1. The van der Waals surface area contributed by atoms with Gasteiger partial charge in [-0.2, -0.15) is 0 Å². The van der Waals surface area contributed by atoms with E-state index in [1.54, 1.807) is 19.2 Å². The van der Waals surface area contributed by atoms with Gasteiger partial charge >= 0.3 is 0 Å². The molecule has 0 radical (unpaired) electrons. The summed E-state index contributed by atoms with van der Waals surface area (Å²) in [4.78, 5) is 16.7. The number of para-hydroxylation sites is 1. The maximum atomic E-state index is 12.2. The second-order valence-electron chi connectivity index (χ2n) is 6.08. The van der Waals surface area contributed by atoms with Gasteiger partial charge in [0.2, 0.25) is 0 Å². The summed E-state index contributed by atoms with van der Waals surface area (Å²) in [6.07, 6.45) is 1.84. The van der Waals surface area contributed by atoms with Crippen LogP contribution in [0.15, 0.2) is 48.7 Å². The summed E-state index contributed by atoms with van der Waals surface area (Å²) >= 11 is 6.48. The molecule has 0 aliphatic heterocycles. The fourth-order valence-electron chi connectivity index (χ4n) is 2.96. The Bertz CT molecular complexity index is 938. The van der Waals surface area contributed by atoms with Crippen LogP contribution in [0, 0.1) is 0 Å². The van der Waals surface area contributed by atoms with E-state index in [1.807, 2.05) is 37.3 Å². The standard InChI is InChI=1S/C21H20ClNO3/c1-3-5-18(24)17-12-23-20-15(19(17)22)6-4-7-16(20)21(25)13-8-10-14(26-2)11-9-13/h4,6-12,21,25H,3,5H2,1-2H3. The summed E-state index contributed by atoms with van der Waals surface area (Å²) in [5, 5.41) is 11.9. The zero-order valence-corrected chi connectivity index (χ0v) is 15.5. The van der Waals surface area contributed by atoms with Crippen LogP contribution in [0.3, 0.4) is 0 Å². The molecule has 4 nitrogen and oxygen atoms in total. The molecule has 2 aromatic carbocycles. The minimum Gasteiger partial charge on any atom is -0.497 e. The summed E-state index contributed by atoms with van der Waals surface area (Å²) in [6.45, 7) is 1.95. The highest BCUT2D eigenvalue weighted by Crippen LogP contribution is 2.33. The fourth-order valence-corrected chi connectivity index (χ4v) is 3.26. The average molecular weight is 370 g/mol. The third-order valence-electron chi connectivity index (χ3n) is 4.37. The van der Waals surface area contributed by atoms with Gasteiger partial charge in [0.15, 0.2) is 5.78 Å². The molecule has 1 unspecified atom stereocenters. The number of Topliss-reactive ketones (excluding diaryl/α,β-unsaturated/α-hetero) is 1. The molecule has 1 N–H and O–H groups in total. The van der Waals surface area contributed by atoms with Gasteiger partial charge in [0, 0.05) is 23.6 Å². The number of fused-ring (bicyclic) bond motifs is 1. The number of benzene rings is 2. The highest BCUT2D eigenvalue weighted by molar-refractivity contribution is 6.38. The summed E-state index contributed by atoms with van der Waals surface area (Å²) in [7, 11) is 1.60. The largest absolute Gasteiger partial charge is 0.497 e.